The van der Waals surface area contributed by atoms with Crippen LogP contribution >= 0.6 is 12.4 Å². The molecule has 0 saturated carbocycles. The Kier molecular flexibility index (Phi) is 7.59. The molecule has 1 atom stereocenters. The molecular formula is C18H23ClN2O2. The lowest BCUT2D eigenvalue weighted by atomic mass is 10.1. The fourth-order valence-corrected chi connectivity index (χ4v) is 2.26. The van der Waals surface area contributed by atoms with Gasteiger partial charge < -0.3 is 15.4 Å². The van der Waals surface area contributed by atoms with Gasteiger partial charge in [-0.25, -0.2) is 0 Å². The van der Waals surface area contributed by atoms with Gasteiger partial charge in [0.15, 0.2) is 0 Å². The van der Waals surface area contributed by atoms with Crippen LogP contribution in [0.4, 0.5) is 5.69 Å². The summed E-state index contributed by atoms with van der Waals surface area (Å²) >= 11 is 0. The minimum atomic E-state index is -0.557. The van der Waals surface area contributed by atoms with Crippen molar-refractivity contribution in [3.8, 4) is 5.75 Å². The number of anilines is 1. The molecule has 0 saturated heterocycles. The van der Waals surface area contributed by atoms with Crippen molar-refractivity contribution in [2.24, 2.45) is 5.73 Å². The molecule has 0 aliphatic carbocycles. The maximum Gasteiger partial charge on any atom is 0.243 e. The van der Waals surface area contributed by atoms with Crippen molar-refractivity contribution in [3.63, 3.8) is 0 Å². The van der Waals surface area contributed by atoms with Crippen LogP contribution in [0.25, 0.3) is 0 Å². The first-order chi connectivity index (χ1) is 10.6. The molecule has 0 spiro atoms. The average Bonchev–Trinajstić information content (AvgIpc) is 2.55. The zero-order chi connectivity index (χ0) is 15.9. The molecule has 0 aromatic heterocycles. The molecule has 2 rings (SSSR count). The van der Waals surface area contributed by atoms with Gasteiger partial charge in [-0.15, -0.1) is 12.4 Å². The lowest BCUT2D eigenvalue weighted by molar-refractivity contribution is -0.119. The van der Waals surface area contributed by atoms with Crippen molar-refractivity contribution in [2.75, 3.05) is 18.6 Å². The number of halogens is 1. The molecule has 2 aromatic rings. The molecule has 5 heteroatoms. The van der Waals surface area contributed by atoms with Gasteiger partial charge in [0.1, 0.15) is 5.75 Å². The average molecular weight is 335 g/mol. The first kappa shape index (κ1) is 19.0. The van der Waals surface area contributed by atoms with Gasteiger partial charge in [-0.1, -0.05) is 30.3 Å². The Morgan fingerprint density at radius 3 is 2.30 bits per heavy atom. The standard InChI is InChI=1S/C18H22N2O2.ClH/c1-3-22-16-11-9-15(10-12-16)20(2)18(21)17(19)13-14-7-5-4-6-8-14;/h4-12,17H,3,13,19H2,1-2H3;1H/t17-;/m0./s1. The first-order valence-corrected chi connectivity index (χ1v) is 7.41. The Bertz CT molecular complexity index is 602. The van der Waals surface area contributed by atoms with Gasteiger partial charge in [0.2, 0.25) is 5.91 Å². The van der Waals surface area contributed by atoms with E-state index in [0.29, 0.717) is 13.0 Å². The number of ether oxygens (including phenoxy) is 1. The molecule has 0 bridgehead atoms. The summed E-state index contributed by atoms with van der Waals surface area (Å²) in [6.45, 7) is 2.56. The number of hydrogen-bond donors (Lipinski definition) is 1. The normalized spacial score (nSPS) is 11.3. The van der Waals surface area contributed by atoms with Gasteiger partial charge in [0.25, 0.3) is 0 Å². The van der Waals surface area contributed by atoms with Gasteiger partial charge in [0, 0.05) is 12.7 Å². The summed E-state index contributed by atoms with van der Waals surface area (Å²) in [5.74, 6) is 0.689. The van der Waals surface area contributed by atoms with Crippen molar-refractivity contribution >= 4 is 24.0 Å². The summed E-state index contributed by atoms with van der Waals surface area (Å²) in [7, 11) is 1.74. The highest BCUT2D eigenvalue weighted by Gasteiger charge is 2.19. The first-order valence-electron chi connectivity index (χ1n) is 7.41. The Balaban J connectivity index is 0.00000264. The predicted octanol–water partition coefficient (Wildman–Crippen LogP) is 3.04. The van der Waals surface area contributed by atoms with Gasteiger partial charge >= 0.3 is 0 Å². The number of carbonyl (C=O) groups is 1. The minimum Gasteiger partial charge on any atom is -0.494 e. The van der Waals surface area contributed by atoms with Gasteiger partial charge in [-0.2, -0.15) is 0 Å². The third-order valence-corrected chi connectivity index (χ3v) is 3.48. The van der Waals surface area contributed by atoms with Crippen LogP contribution in [0.3, 0.4) is 0 Å². The number of benzene rings is 2. The fourth-order valence-electron chi connectivity index (χ4n) is 2.26. The molecule has 0 heterocycles. The summed E-state index contributed by atoms with van der Waals surface area (Å²) in [5.41, 5.74) is 7.91. The quantitative estimate of drug-likeness (QED) is 0.883. The summed E-state index contributed by atoms with van der Waals surface area (Å²) < 4.78 is 5.40. The van der Waals surface area contributed by atoms with Crippen LogP contribution < -0.4 is 15.4 Å². The van der Waals surface area contributed by atoms with Crippen molar-refractivity contribution in [2.45, 2.75) is 19.4 Å². The monoisotopic (exact) mass is 334 g/mol. The van der Waals surface area contributed by atoms with E-state index in [1.807, 2.05) is 61.5 Å². The van der Waals surface area contributed by atoms with Crippen LogP contribution in [-0.2, 0) is 11.2 Å². The molecule has 0 fully saturated rings. The molecule has 0 aliphatic rings. The van der Waals surface area contributed by atoms with Crippen LogP contribution in [0.15, 0.2) is 54.6 Å². The molecule has 23 heavy (non-hydrogen) atoms. The molecule has 0 radical (unpaired) electrons. The lowest BCUT2D eigenvalue weighted by Gasteiger charge is -2.21. The van der Waals surface area contributed by atoms with Gasteiger partial charge in [-0.05, 0) is 43.2 Å². The second-order valence-electron chi connectivity index (χ2n) is 5.12. The number of amides is 1. The topological polar surface area (TPSA) is 55.6 Å². The highest BCUT2D eigenvalue weighted by atomic mass is 35.5. The smallest absolute Gasteiger partial charge is 0.243 e. The Hall–Kier alpha value is -2.04. The van der Waals surface area contributed by atoms with E-state index in [-0.39, 0.29) is 18.3 Å². The zero-order valence-electron chi connectivity index (χ0n) is 13.4. The fraction of sp³-hybridized carbons (Fsp3) is 0.278. The summed E-state index contributed by atoms with van der Waals surface area (Å²) in [4.78, 5) is 14.0. The summed E-state index contributed by atoms with van der Waals surface area (Å²) in [6.07, 6.45) is 0.529. The molecule has 0 unspecified atom stereocenters. The van der Waals surface area contributed by atoms with E-state index in [0.717, 1.165) is 17.0 Å². The number of rotatable bonds is 6. The predicted molar refractivity (Wildman–Crippen MR) is 96.4 cm³/mol. The van der Waals surface area contributed by atoms with Crippen molar-refractivity contribution in [1.82, 2.24) is 0 Å². The molecule has 0 aliphatic heterocycles. The second kappa shape index (κ2) is 9.18. The molecule has 1 amide bonds. The van der Waals surface area contributed by atoms with Gasteiger partial charge in [0.05, 0.1) is 12.6 Å². The molecule has 2 N–H and O–H groups in total. The Morgan fingerprint density at radius 2 is 1.74 bits per heavy atom. The van der Waals surface area contributed by atoms with E-state index in [2.05, 4.69) is 0 Å². The highest BCUT2D eigenvalue weighted by molar-refractivity contribution is 5.96. The highest BCUT2D eigenvalue weighted by Crippen LogP contribution is 2.19. The van der Waals surface area contributed by atoms with E-state index in [9.17, 15) is 4.79 Å². The number of nitrogens with two attached hydrogens (primary N) is 1. The van der Waals surface area contributed by atoms with E-state index in [1.54, 1.807) is 11.9 Å². The third-order valence-electron chi connectivity index (χ3n) is 3.48. The number of nitrogens with zero attached hydrogens (tertiary/aromatic N) is 1. The zero-order valence-corrected chi connectivity index (χ0v) is 14.3. The summed E-state index contributed by atoms with van der Waals surface area (Å²) in [6, 6.07) is 16.7. The van der Waals surface area contributed by atoms with Crippen LogP contribution in [0.1, 0.15) is 12.5 Å². The van der Waals surface area contributed by atoms with E-state index in [4.69, 9.17) is 10.5 Å². The van der Waals surface area contributed by atoms with Crippen molar-refractivity contribution < 1.29 is 9.53 Å². The molecule has 124 valence electrons. The van der Waals surface area contributed by atoms with Crippen LogP contribution in [-0.4, -0.2) is 25.6 Å². The lowest BCUT2D eigenvalue weighted by Crippen LogP contribution is -2.43. The van der Waals surface area contributed by atoms with Crippen LogP contribution in [0.5, 0.6) is 5.75 Å². The van der Waals surface area contributed by atoms with E-state index in [1.165, 1.54) is 0 Å². The Morgan fingerprint density at radius 1 is 1.13 bits per heavy atom. The summed E-state index contributed by atoms with van der Waals surface area (Å²) in [5, 5.41) is 0. The number of hydrogen-bond acceptors (Lipinski definition) is 3. The van der Waals surface area contributed by atoms with Crippen LogP contribution in [0, 0.1) is 0 Å². The SMILES string of the molecule is CCOc1ccc(N(C)C(=O)[C@@H](N)Cc2ccccc2)cc1.Cl. The van der Waals surface area contributed by atoms with Crippen LogP contribution in [0.2, 0.25) is 0 Å². The third kappa shape index (κ3) is 5.27. The molecule has 4 nitrogen and oxygen atoms in total. The maximum atomic E-state index is 12.4. The Labute approximate surface area is 143 Å². The largest absolute Gasteiger partial charge is 0.494 e. The van der Waals surface area contributed by atoms with Crippen molar-refractivity contribution in [3.05, 3.63) is 60.2 Å². The van der Waals surface area contributed by atoms with Gasteiger partial charge in [-0.3, -0.25) is 4.79 Å². The number of likely N-dealkylation sites (N-methyl/N-ethyl adjacent to an activating group) is 1. The maximum absolute atomic E-state index is 12.4. The number of carbonyl (C=O) groups excluding carboxylic acids is 1. The molecule has 2 aromatic carbocycles. The minimum absolute atomic E-state index is 0. The second-order valence-corrected chi connectivity index (χ2v) is 5.12. The molecular weight excluding hydrogens is 312 g/mol. The van der Waals surface area contributed by atoms with E-state index < -0.39 is 6.04 Å². The van der Waals surface area contributed by atoms with E-state index >= 15 is 0 Å². The van der Waals surface area contributed by atoms with Crippen molar-refractivity contribution in [1.29, 1.82) is 0 Å².